The number of aliphatic hydroxyl groups is 1. The van der Waals surface area contributed by atoms with Gasteiger partial charge in [-0.2, -0.15) is 0 Å². The summed E-state index contributed by atoms with van der Waals surface area (Å²) in [6, 6.07) is 27.0. The number of methoxy groups -OCH3 is 2. The number of hydrogen-bond donors (Lipinski definition) is 1. The van der Waals surface area contributed by atoms with Gasteiger partial charge in [0.2, 0.25) is 0 Å². The molecule has 3 nitrogen and oxygen atoms in total. The SMILES string of the molecule is COc1ccc(C(SCCCO)(c2ccccc2)c2ccc(OC)cc2)cc1. The molecule has 0 aromatic heterocycles. The molecular formula is C24H26O3S. The Bertz CT molecular complexity index is 798. The Morgan fingerprint density at radius 1 is 0.714 bits per heavy atom. The van der Waals surface area contributed by atoms with Gasteiger partial charge in [0.25, 0.3) is 0 Å². The number of hydrogen-bond acceptors (Lipinski definition) is 4. The van der Waals surface area contributed by atoms with Crippen molar-refractivity contribution in [1.82, 2.24) is 0 Å². The lowest BCUT2D eigenvalue weighted by atomic mass is 9.84. The third-order valence-electron chi connectivity index (χ3n) is 4.79. The number of thioether (sulfide) groups is 1. The van der Waals surface area contributed by atoms with E-state index in [2.05, 4.69) is 48.5 Å². The van der Waals surface area contributed by atoms with Crippen LogP contribution in [0.15, 0.2) is 78.9 Å². The first kappa shape index (κ1) is 20.3. The minimum Gasteiger partial charge on any atom is -0.497 e. The van der Waals surface area contributed by atoms with Crippen LogP contribution in [0.4, 0.5) is 0 Å². The van der Waals surface area contributed by atoms with Crippen LogP contribution in [0.5, 0.6) is 11.5 Å². The third kappa shape index (κ3) is 4.18. The number of benzene rings is 3. The van der Waals surface area contributed by atoms with E-state index in [1.165, 1.54) is 16.7 Å². The van der Waals surface area contributed by atoms with Crippen LogP contribution >= 0.6 is 11.8 Å². The highest BCUT2D eigenvalue weighted by atomic mass is 32.2. The van der Waals surface area contributed by atoms with Crippen molar-refractivity contribution in [3.8, 4) is 11.5 Å². The van der Waals surface area contributed by atoms with Crippen LogP contribution in [-0.2, 0) is 4.75 Å². The molecule has 0 spiro atoms. The molecule has 0 aliphatic heterocycles. The molecule has 0 aliphatic rings. The van der Waals surface area contributed by atoms with Gasteiger partial charge in [-0.1, -0.05) is 54.6 Å². The Labute approximate surface area is 171 Å². The second-order valence-electron chi connectivity index (χ2n) is 6.43. The van der Waals surface area contributed by atoms with E-state index in [9.17, 15) is 5.11 Å². The largest absolute Gasteiger partial charge is 0.497 e. The zero-order valence-corrected chi connectivity index (χ0v) is 17.1. The van der Waals surface area contributed by atoms with Crippen molar-refractivity contribution < 1.29 is 14.6 Å². The van der Waals surface area contributed by atoms with Crippen LogP contribution in [0.3, 0.4) is 0 Å². The smallest absolute Gasteiger partial charge is 0.118 e. The number of ether oxygens (including phenoxy) is 2. The maximum Gasteiger partial charge on any atom is 0.118 e. The van der Waals surface area contributed by atoms with E-state index in [0.717, 1.165) is 23.7 Å². The molecule has 0 unspecified atom stereocenters. The minimum atomic E-state index is -0.394. The fraction of sp³-hybridized carbons (Fsp3) is 0.250. The van der Waals surface area contributed by atoms with Crippen LogP contribution in [-0.4, -0.2) is 31.7 Å². The van der Waals surface area contributed by atoms with Gasteiger partial charge in [0.05, 0.1) is 19.0 Å². The molecule has 0 saturated carbocycles. The van der Waals surface area contributed by atoms with Crippen molar-refractivity contribution >= 4 is 11.8 Å². The molecule has 28 heavy (non-hydrogen) atoms. The average molecular weight is 395 g/mol. The average Bonchev–Trinajstić information content (AvgIpc) is 2.78. The Kier molecular flexibility index (Phi) is 7.01. The highest BCUT2D eigenvalue weighted by Crippen LogP contribution is 2.49. The molecule has 0 heterocycles. The third-order valence-corrected chi connectivity index (χ3v) is 6.43. The van der Waals surface area contributed by atoms with Crippen molar-refractivity contribution in [1.29, 1.82) is 0 Å². The first-order valence-corrected chi connectivity index (χ1v) is 10.3. The van der Waals surface area contributed by atoms with E-state index in [4.69, 9.17) is 9.47 Å². The Morgan fingerprint density at radius 3 is 1.61 bits per heavy atom. The Morgan fingerprint density at radius 2 is 1.18 bits per heavy atom. The molecule has 0 atom stereocenters. The van der Waals surface area contributed by atoms with E-state index in [1.807, 2.05) is 42.1 Å². The number of rotatable bonds is 9. The zero-order valence-electron chi connectivity index (χ0n) is 16.3. The first-order chi connectivity index (χ1) is 13.7. The zero-order chi connectivity index (χ0) is 19.8. The van der Waals surface area contributed by atoms with Gasteiger partial charge in [-0.15, -0.1) is 11.8 Å². The van der Waals surface area contributed by atoms with Crippen molar-refractivity contribution in [2.75, 3.05) is 26.6 Å². The highest BCUT2D eigenvalue weighted by Gasteiger charge is 2.36. The van der Waals surface area contributed by atoms with Crippen molar-refractivity contribution in [3.63, 3.8) is 0 Å². The second kappa shape index (κ2) is 9.67. The molecular weight excluding hydrogens is 368 g/mol. The summed E-state index contributed by atoms with van der Waals surface area (Å²) >= 11 is 1.84. The van der Waals surface area contributed by atoms with Gasteiger partial charge in [0.1, 0.15) is 11.5 Å². The van der Waals surface area contributed by atoms with Gasteiger partial charge in [0, 0.05) is 6.61 Å². The predicted molar refractivity (Wildman–Crippen MR) is 116 cm³/mol. The number of aliphatic hydroxyl groups excluding tert-OH is 1. The molecule has 0 amide bonds. The van der Waals surface area contributed by atoms with E-state index in [1.54, 1.807) is 14.2 Å². The lowest BCUT2D eigenvalue weighted by molar-refractivity contribution is 0.296. The second-order valence-corrected chi connectivity index (χ2v) is 7.74. The summed E-state index contributed by atoms with van der Waals surface area (Å²) in [7, 11) is 3.36. The topological polar surface area (TPSA) is 38.7 Å². The van der Waals surface area contributed by atoms with Crippen LogP contribution in [0.1, 0.15) is 23.1 Å². The molecule has 0 fully saturated rings. The van der Waals surface area contributed by atoms with Gasteiger partial charge in [-0.05, 0) is 53.1 Å². The predicted octanol–water partition coefficient (Wildman–Crippen LogP) is 5.11. The lowest BCUT2D eigenvalue weighted by Gasteiger charge is -2.35. The normalized spacial score (nSPS) is 11.2. The fourth-order valence-electron chi connectivity index (χ4n) is 3.36. The Balaban J connectivity index is 2.20. The quantitative estimate of drug-likeness (QED) is 0.404. The summed E-state index contributed by atoms with van der Waals surface area (Å²) in [5, 5.41) is 9.37. The van der Waals surface area contributed by atoms with Crippen molar-refractivity contribution in [3.05, 3.63) is 95.6 Å². The molecule has 1 N–H and O–H groups in total. The van der Waals surface area contributed by atoms with Gasteiger partial charge < -0.3 is 14.6 Å². The molecule has 0 saturated heterocycles. The van der Waals surface area contributed by atoms with Gasteiger partial charge in [-0.25, -0.2) is 0 Å². The lowest BCUT2D eigenvalue weighted by Crippen LogP contribution is -2.26. The molecule has 0 bridgehead atoms. The van der Waals surface area contributed by atoms with Crippen molar-refractivity contribution in [2.24, 2.45) is 0 Å². The summed E-state index contributed by atoms with van der Waals surface area (Å²) in [5.74, 6) is 2.50. The van der Waals surface area contributed by atoms with Gasteiger partial charge >= 0.3 is 0 Å². The monoisotopic (exact) mass is 394 g/mol. The van der Waals surface area contributed by atoms with E-state index in [0.29, 0.717) is 0 Å². The maximum absolute atomic E-state index is 9.37. The summed E-state index contributed by atoms with van der Waals surface area (Å²) < 4.78 is 10.3. The van der Waals surface area contributed by atoms with Gasteiger partial charge in [0.15, 0.2) is 0 Å². The first-order valence-electron chi connectivity index (χ1n) is 9.34. The molecule has 3 aromatic carbocycles. The standard InChI is InChI=1S/C24H26O3S/c1-26-22-13-9-20(10-14-22)24(28-18-6-17-25,19-7-4-3-5-8-19)21-11-15-23(27-2)16-12-21/h3-5,7-16,25H,6,17-18H2,1-2H3. The van der Waals surface area contributed by atoms with Crippen LogP contribution in [0.25, 0.3) is 0 Å². The van der Waals surface area contributed by atoms with Crippen LogP contribution in [0, 0.1) is 0 Å². The molecule has 146 valence electrons. The van der Waals surface area contributed by atoms with Crippen LogP contribution < -0.4 is 9.47 Å². The maximum atomic E-state index is 9.37. The highest BCUT2D eigenvalue weighted by molar-refractivity contribution is 8.00. The van der Waals surface area contributed by atoms with E-state index >= 15 is 0 Å². The minimum absolute atomic E-state index is 0.184. The van der Waals surface area contributed by atoms with Crippen molar-refractivity contribution in [2.45, 2.75) is 11.2 Å². The molecule has 3 aromatic rings. The van der Waals surface area contributed by atoms with E-state index < -0.39 is 4.75 Å². The summed E-state index contributed by atoms with van der Waals surface area (Å²) in [5.41, 5.74) is 3.55. The van der Waals surface area contributed by atoms with Crippen LogP contribution in [0.2, 0.25) is 0 Å². The molecule has 0 radical (unpaired) electrons. The van der Waals surface area contributed by atoms with E-state index in [-0.39, 0.29) is 6.61 Å². The van der Waals surface area contributed by atoms with Gasteiger partial charge in [-0.3, -0.25) is 0 Å². The summed E-state index contributed by atoms with van der Waals surface area (Å²) in [6.07, 6.45) is 0.742. The molecule has 0 aliphatic carbocycles. The fourth-order valence-corrected chi connectivity index (χ4v) is 4.85. The Hall–Kier alpha value is -2.43. The summed E-state index contributed by atoms with van der Waals surface area (Å²) in [6.45, 7) is 0.184. The molecule has 4 heteroatoms. The molecule has 3 rings (SSSR count). The summed E-state index contributed by atoms with van der Waals surface area (Å²) in [4.78, 5) is 0.